The number of nitrogen functional groups attached to an aromatic ring is 1. The first-order valence-electron chi connectivity index (χ1n) is 6.24. The smallest absolute Gasteiger partial charge is 0.0672 e. The highest BCUT2D eigenvalue weighted by Crippen LogP contribution is 2.24. The van der Waals surface area contributed by atoms with Crippen LogP contribution in [-0.4, -0.2) is 41.3 Å². The molecule has 0 aliphatic heterocycles. The number of benzene rings is 1. The topological polar surface area (TPSA) is 70.0 Å². The van der Waals surface area contributed by atoms with Crippen molar-refractivity contribution >= 4 is 22.3 Å². The molecule has 0 radical (unpaired) electrons. The van der Waals surface area contributed by atoms with E-state index in [1.807, 2.05) is 12.1 Å². The Hall–Kier alpha value is -1.75. The number of nitrogens with zero attached hydrogens (tertiary/aromatic N) is 2. The number of anilines is 2. The molecule has 1 aromatic heterocycles. The standard InChI is InChI=1S/C13H21N5/c1-9(2)18(3)5-4-15-13-7-12-10(6-11(13)14)8-16-17-12/h6-9,15H,4-5,14H2,1-3H3,(H,16,17). The molecule has 18 heavy (non-hydrogen) atoms. The number of nitrogens with two attached hydrogens (primary N) is 1. The fraction of sp³-hybridized carbons (Fsp3) is 0.462. The van der Waals surface area contributed by atoms with Gasteiger partial charge in [-0.15, -0.1) is 0 Å². The van der Waals surface area contributed by atoms with Gasteiger partial charge in [-0.05, 0) is 33.0 Å². The number of hydrogen-bond donors (Lipinski definition) is 3. The summed E-state index contributed by atoms with van der Waals surface area (Å²) in [5.41, 5.74) is 8.73. The molecule has 2 rings (SSSR count). The van der Waals surface area contributed by atoms with E-state index >= 15 is 0 Å². The van der Waals surface area contributed by atoms with E-state index < -0.39 is 0 Å². The highest BCUT2D eigenvalue weighted by atomic mass is 15.1. The highest BCUT2D eigenvalue weighted by Gasteiger charge is 2.05. The summed E-state index contributed by atoms with van der Waals surface area (Å²) in [6.45, 7) is 6.23. The third-order valence-corrected chi connectivity index (χ3v) is 3.27. The quantitative estimate of drug-likeness (QED) is 0.706. The van der Waals surface area contributed by atoms with Gasteiger partial charge in [-0.1, -0.05) is 0 Å². The Morgan fingerprint density at radius 2 is 2.22 bits per heavy atom. The predicted octanol–water partition coefficient (Wildman–Crippen LogP) is 1.90. The summed E-state index contributed by atoms with van der Waals surface area (Å²) in [7, 11) is 2.12. The van der Waals surface area contributed by atoms with Crippen molar-refractivity contribution in [3.05, 3.63) is 18.3 Å². The van der Waals surface area contributed by atoms with Crippen LogP contribution in [0.3, 0.4) is 0 Å². The van der Waals surface area contributed by atoms with Gasteiger partial charge in [0.25, 0.3) is 0 Å². The van der Waals surface area contributed by atoms with E-state index in [4.69, 9.17) is 5.73 Å². The Morgan fingerprint density at radius 3 is 2.94 bits per heavy atom. The zero-order valence-corrected chi connectivity index (χ0v) is 11.2. The summed E-state index contributed by atoms with van der Waals surface area (Å²) < 4.78 is 0. The molecular weight excluding hydrogens is 226 g/mol. The Bertz CT molecular complexity index is 517. The van der Waals surface area contributed by atoms with Gasteiger partial charge in [0, 0.05) is 24.5 Å². The molecule has 2 aromatic rings. The van der Waals surface area contributed by atoms with Gasteiger partial charge in [-0.2, -0.15) is 5.10 Å². The Labute approximate surface area is 107 Å². The van der Waals surface area contributed by atoms with E-state index in [1.165, 1.54) is 0 Å². The molecule has 0 amide bonds. The second-order valence-electron chi connectivity index (χ2n) is 4.90. The molecule has 0 saturated heterocycles. The summed E-state index contributed by atoms with van der Waals surface area (Å²) in [5.74, 6) is 0. The third kappa shape index (κ3) is 2.73. The highest BCUT2D eigenvalue weighted by molar-refractivity contribution is 5.88. The number of aromatic nitrogens is 2. The van der Waals surface area contributed by atoms with E-state index in [9.17, 15) is 0 Å². The number of aromatic amines is 1. The van der Waals surface area contributed by atoms with Crippen LogP contribution in [0.1, 0.15) is 13.8 Å². The molecule has 5 heteroatoms. The minimum atomic E-state index is 0.555. The van der Waals surface area contributed by atoms with Crippen LogP contribution < -0.4 is 11.1 Å². The fourth-order valence-electron chi connectivity index (χ4n) is 1.79. The number of fused-ring (bicyclic) bond motifs is 1. The number of nitrogens with one attached hydrogen (secondary N) is 2. The molecule has 98 valence electrons. The zero-order valence-electron chi connectivity index (χ0n) is 11.2. The Balaban J connectivity index is 2.00. The van der Waals surface area contributed by atoms with E-state index in [0.29, 0.717) is 6.04 Å². The molecule has 0 aliphatic rings. The molecule has 0 bridgehead atoms. The lowest BCUT2D eigenvalue weighted by Crippen LogP contribution is -2.31. The van der Waals surface area contributed by atoms with Gasteiger partial charge in [-0.25, -0.2) is 0 Å². The van der Waals surface area contributed by atoms with Crippen LogP contribution in [0.25, 0.3) is 10.9 Å². The maximum Gasteiger partial charge on any atom is 0.0672 e. The predicted molar refractivity (Wildman–Crippen MR) is 76.8 cm³/mol. The van der Waals surface area contributed by atoms with Gasteiger partial charge >= 0.3 is 0 Å². The van der Waals surface area contributed by atoms with Crippen LogP contribution in [0.15, 0.2) is 18.3 Å². The number of likely N-dealkylation sites (N-methyl/N-ethyl adjacent to an activating group) is 1. The summed E-state index contributed by atoms with van der Waals surface area (Å²) in [4.78, 5) is 2.29. The van der Waals surface area contributed by atoms with E-state index in [-0.39, 0.29) is 0 Å². The average Bonchev–Trinajstić information content (AvgIpc) is 2.75. The maximum absolute atomic E-state index is 6.00. The number of H-pyrrole nitrogens is 1. The van der Waals surface area contributed by atoms with Crippen LogP contribution in [0, 0.1) is 0 Å². The largest absolute Gasteiger partial charge is 0.397 e. The van der Waals surface area contributed by atoms with Crippen molar-refractivity contribution in [1.82, 2.24) is 15.1 Å². The molecule has 1 heterocycles. The molecule has 0 fully saturated rings. The second kappa shape index (κ2) is 5.27. The molecule has 1 aromatic carbocycles. The summed E-state index contributed by atoms with van der Waals surface area (Å²) >= 11 is 0. The normalized spacial score (nSPS) is 11.6. The Kier molecular flexibility index (Phi) is 3.72. The van der Waals surface area contributed by atoms with Crippen molar-refractivity contribution in [2.45, 2.75) is 19.9 Å². The van der Waals surface area contributed by atoms with Crippen molar-refractivity contribution in [3.63, 3.8) is 0 Å². The van der Waals surface area contributed by atoms with Gasteiger partial charge in [-0.3, -0.25) is 5.10 Å². The molecule has 4 N–H and O–H groups in total. The molecule has 0 saturated carbocycles. The van der Waals surface area contributed by atoms with Crippen molar-refractivity contribution in [1.29, 1.82) is 0 Å². The van der Waals surface area contributed by atoms with Gasteiger partial charge in [0.05, 0.1) is 23.1 Å². The lowest BCUT2D eigenvalue weighted by Gasteiger charge is -2.21. The van der Waals surface area contributed by atoms with Crippen molar-refractivity contribution < 1.29 is 0 Å². The van der Waals surface area contributed by atoms with Gasteiger partial charge in [0.15, 0.2) is 0 Å². The molecule has 0 atom stereocenters. The molecule has 0 aliphatic carbocycles. The van der Waals surface area contributed by atoms with Gasteiger partial charge in [0.2, 0.25) is 0 Å². The van der Waals surface area contributed by atoms with Gasteiger partial charge < -0.3 is 16.0 Å². The van der Waals surface area contributed by atoms with Gasteiger partial charge in [0.1, 0.15) is 0 Å². The molecule has 5 nitrogen and oxygen atoms in total. The van der Waals surface area contributed by atoms with E-state index in [1.54, 1.807) is 6.20 Å². The summed E-state index contributed by atoms with van der Waals surface area (Å²) in [5, 5.41) is 11.4. The summed E-state index contributed by atoms with van der Waals surface area (Å²) in [6, 6.07) is 4.50. The SMILES string of the molecule is CC(C)N(C)CCNc1cc2[nH]ncc2cc1N. The van der Waals surface area contributed by atoms with Crippen molar-refractivity contribution in [2.24, 2.45) is 0 Å². The monoisotopic (exact) mass is 247 g/mol. The number of hydrogen-bond acceptors (Lipinski definition) is 4. The van der Waals surface area contributed by atoms with Crippen LogP contribution in [0.2, 0.25) is 0 Å². The first-order chi connectivity index (χ1) is 8.58. The second-order valence-corrected chi connectivity index (χ2v) is 4.90. The average molecular weight is 247 g/mol. The molecule has 0 unspecified atom stereocenters. The first kappa shape index (κ1) is 12.7. The van der Waals surface area contributed by atoms with Crippen molar-refractivity contribution in [2.75, 3.05) is 31.2 Å². The van der Waals surface area contributed by atoms with Crippen LogP contribution in [0.5, 0.6) is 0 Å². The first-order valence-corrected chi connectivity index (χ1v) is 6.24. The lowest BCUT2D eigenvalue weighted by molar-refractivity contribution is 0.284. The molecular formula is C13H21N5. The van der Waals surface area contributed by atoms with Crippen molar-refractivity contribution in [3.8, 4) is 0 Å². The maximum atomic E-state index is 6.00. The Morgan fingerprint density at radius 1 is 1.44 bits per heavy atom. The van der Waals surface area contributed by atoms with Crippen LogP contribution in [-0.2, 0) is 0 Å². The van der Waals surface area contributed by atoms with Crippen LogP contribution in [0.4, 0.5) is 11.4 Å². The lowest BCUT2D eigenvalue weighted by atomic mass is 10.2. The minimum Gasteiger partial charge on any atom is -0.397 e. The zero-order chi connectivity index (χ0) is 13.1. The summed E-state index contributed by atoms with van der Waals surface area (Å²) in [6.07, 6.45) is 1.78. The molecule has 0 spiro atoms. The third-order valence-electron chi connectivity index (χ3n) is 3.27. The van der Waals surface area contributed by atoms with E-state index in [0.717, 1.165) is 35.4 Å². The minimum absolute atomic E-state index is 0.555. The fourth-order valence-corrected chi connectivity index (χ4v) is 1.79. The van der Waals surface area contributed by atoms with Crippen LogP contribution >= 0.6 is 0 Å². The number of rotatable bonds is 5. The van der Waals surface area contributed by atoms with E-state index in [2.05, 4.69) is 41.3 Å².